The van der Waals surface area contributed by atoms with Gasteiger partial charge in [0.25, 0.3) is 5.91 Å². The summed E-state index contributed by atoms with van der Waals surface area (Å²) in [5.74, 6) is -2.38. The lowest BCUT2D eigenvalue weighted by molar-refractivity contribution is -0.142. The number of anilines is 1. The molecule has 13 heteroatoms. The van der Waals surface area contributed by atoms with Crippen LogP contribution in [0.1, 0.15) is 65.7 Å². The highest BCUT2D eigenvalue weighted by Gasteiger charge is 2.62. The lowest BCUT2D eigenvalue weighted by Gasteiger charge is -2.35. The van der Waals surface area contributed by atoms with Gasteiger partial charge in [-0.15, -0.1) is 6.58 Å². The molecule has 0 spiro atoms. The highest BCUT2D eigenvalue weighted by molar-refractivity contribution is 7.91. The van der Waals surface area contributed by atoms with E-state index in [9.17, 15) is 27.6 Å². The van der Waals surface area contributed by atoms with Crippen molar-refractivity contribution in [3.63, 3.8) is 0 Å². The van der Waals surface area contributed by atoms with Crippen molar-refractivity contribution in [3.8, 4) is 11.1 Å². The van der Waals surface area contributed by atoms with Gasteiger partial charge in [-0.2, -0.15) is 0 Å². The van der Waals surface area contributed by atoms with E-state index in [1.807, 2.05) is 80.3 Å². The van der Waals surface area contributed by atoms with Gasteiger partial charge in [0.15, 0.2) is 0 Å². The van der Waals surface area contributed by atoms with Gasteiger partial charge < -0.3 is 25.2 Å². The fourth-order valence-electron chi connectivity index (χ4n) is 6.94. The van der Waals surface area contributed by atoms with Crippen molar-refractivity contribution in [2.24, 2.45) is 11.3 Å². The highest BCUT2D eigenvalue weighted by Crippen LogP contribution is 2.45. The SMILES string of the molecule is C=C[C@@H]1C[C@]1(NC(=O)[C@@H]1CN(c2cccc(-c3ccccc3)c2)CN1C(=O)C(NC(=O)OC1CCCC1)C(C)(C)C)C(=O)NS(=O)(=O)C1CC1. The molecule has 6 rings (SSSR count). The number of ether oxygens (including phenoxy) is 1. The molecule has 0 radical (unpaired) electrons. The fourth-order valence-corrected chi connectivity index (χ4v) is 8.30. The molecular weight excluding hydrogens is 659 g/mol. The van der Waals surface area contributed by atoms with Crippen LogP contribution in [-0.2, 0) is 29.1 Å². The average Bonchev–Trinajstić information content (AvgIpc) is 3.96. The van der Waals surface area contributed by atoms with Gasteiger partial charge in [-0.05, 0) is 73.6 Å². The van der Waals surface area contributed by atoms with Crippen LogP contribution in [0.4, 0.5) is 10.5 Å². The molecule has 4 atom stereocenters. The van der Waals surface area contributed by atoms with Crippen LogP contribution in [0.5, 0.6) is 0 Å². The quantitative estimate of drug-likeness (QED) is 0.296. The van der Waals surface area contributed by atoms with Crippen LogP contribution in [-0.4, -0.2) is 79.3 Å². The molecular formula is C37H47N5O7S. The minimum atomic E-state index is -3.87. The normalized spacial score (nSPS) is 24.3. The van der Waals surface area contributed by atoms with Gasteiger partial charge >= 0.3 is 6.09 Å². The number of hydrogen-bond acceptors (Lipinski definition) is 8. The zero-order valence-corrected chi connectivity index (χ0v) is 29.7. The lowest BCUT2D eigenvalue weighted by Crippen LogP contribution is -2.60. The van der Waals surface area contributed by atoms with E-state index < -0.39 is 68.0 Å². The molecule has 12 nitrogen and oxygen atoms in total. The Kier molecular flexibility index (Phi) is 9.73. The van der Waals surface area contributed by atoms with Gasteiger partial charge in [-0.1, -0.05) is 69.3 Å². The summed E-state index contributed by atoms with van der Waals surface area (Å²) < 4.78 is 33.2. The lowest BCUT2D eigenvalue weighted by atomic mass is 9.85. The number of rotatable bonds is 11. The third kappa shape index (κ3) is 7.52. The Morgan fingerprint density at radius 1 is 0.980 bits per heavy atom. The molecule has 268 valence electrons. The third-order valence-corrected chi connectivity index (χ3v) is 12.0. The summed E-state index contributed by atoms with van der Waals surface area (Å²) in [5, 5.41) is 5.01. The zero-order chi connectivity index (χ0) is 35.8. The Bertz CT molecular complexity index is 1750. The monoisotopic (exact) mass is 705 g/mol. The first-order chi connectivity index (χ1) is 23.7. The Morgan fingerprint density at radius 3 is 2.28 bits per heavy atom. The van der Waals surface area contributed by atoms with Crippen LogP contribution >= 0.6 is 0 Å². The van der Waals surface area contributed by atoms with Crippen molar-refractivity contribution in [1.29, 1.82) is 0 Å². The molecule has 2 aromatic rings. The number of nitrogens with zero attached hydrogens (tertiary/aromatic N) is 2. The molecule has 4 aliphatic rings. The van der Waals surface area contributed by atoms with Gasteiger partial charge in [0.05, 0.1) is 11.9 Å². The largest absolute Gasteiger partial charge is 0.446 e. The average molecular weight is 706 g/mol. The summed E-state index contributed by atoms with van der Waals surface area (Å²) in [5.41, 5.74) is 0.474. The fraction of sp³-hybridized carbons (Fsp3) is 0.514. The van der Waals surface area contributed by atoms with Gasteiger partial charge in [0.2, 0.25) is 21.8 Å². The Labute approximate surface area is 294 Å². The first-order valence-corrected chi connectivity index (χ1v) is 18.9. The van der Waals surface area contributed by atoms with Crippen molar-refractivity contribution in [2.45, 2.75) is 94.7 Å². The standard InChI is InChI=1S/C37H47N5O7S/c1-5-26-21-37(26,34(45)40-50(47,48)29-18-19-29)39-32(43)30-22-41(27-15-11-14-25(20-27)24-12-7-6-8-13-24)23-42(30)33(44)31(36(2,3)4)38-35(46)49-28-16-9-10-17-28/h5-8,11-15,20,26,28-31H,1,9-10,16-19,21-23H2,2-4H3,(H,38,46)(H,39,43)(H,40,45)/t26-,30+,31?,37-/m1/s1. The van der Waals surface area contributed by atoms with Gasteiger partial charge in [0.1, 0.15) is 23.7 Å². The summed E-state index contributed by atoms with van der Waals surface area (Å²) in [4.78, 5) is 58.7. The summed E-state index contributed by atoms with van der Waals surface area (Å²) >= 11 is 0. The molecule has 1 saturated heterocycles. The molecule has 3 saturated carbocycles. The first-order valence-electron chi connectivity index (χ1n) is 17.4. The second kappa shape index (κ2) is 13.7. The van der Waals surface area contributed by atoms with E-state index in [-0.39, 0.29) is 25.7 Å². The van der Waals surface area contributed by atoms with E-state index in [0.717, 1.165) is 42.5 Å². The molecule has 0 aromatic heterocycles. The molecule has 3 N–H and O–H groups in total. The second-order valence-corrected chi connectivity index (χ2v) is 17.0. The number of amides is 4. The Balaban J connectivity index is 1.28. The van der Waals surface area contributed by atoms with E-state index in [1.54, 1.807) is 0 Å². The molecule has 4 amide bonds. The molecule has 2 aromatic carbocycles. The number of nitrogens with one attached hydrogen (secondary N) is 3. The van der Waals surface area contributed by atoms with Crippen LogP contribution in [0.25, 0.3) is 11.1 Å². The minimum absolute atomic E-state index is 0.0290. The summed E-state index contributed by atoms with van der Waals surface area (Å²) in [7, 11) is -3.87. The number of alkyl carbamates (subject to hydrolysis) is 1. The summed E-state index contributed by atoms with van der Waals surface area (Å²) in [6.45, 7) is 9.40. The summed E-state index contributed by atoms with van der Waals surface area (Å²) in [6, 6.07) is 15.5. The first kappa shape index (κ1) is 35.4. The smallest absolute Gasteiger partial charge is 0.408 e. The molecule has 50 heavy (non-hydrogen) atoms. The maximum atomic E-state index is 14.5. The molecule has 4 fully saturated rings. The van der Waals surface area contributed by atoms with Crippen molar-refractivity contribution in [3.05, 3.63) is 67.3 Å². The minimum Gasteiger partial charge on any atom is -0.446 e. The molecule has 1 unspecified atom stereocenters. The van der Waals surface area contributed by atoms with Crippen LogP contribution < -0.4 is 20.3 Å². The maximum Gasteiger partial charge on any atom is 0.408 e. The highest BCUT2D eigenvalue weighted by atomic mass is 32.2. The topological polar surface area (TPSA) is 154 Å². The van der Waals surface area contributed by atoms with Crippen molar-refractivity contribution < 1.29 is 32.3 Å². The summed E-state index contributed by atoms with van der Waals surface area (Å²) in [6.07, 6.45) is 5.27. The van der Waals surface area contributed by atoms with Crippen molar-refractivity contribution in [1.82, 2.24) is 20.3 Å². The number of hydrogen-bond donors (Lipinski definition) is 3. The number of carbonyl (C=O) groups excluding carboxylic acids is 4. The molecule has 1 heterocycles. The van der Waals surface area contributed by atoms with E-state index in [1.165, 1.54) is 11.0 Å². The molecule has 3 aliphatic carbocycles. The van der Waals surface area contributed by atoms with E-state index in [0.29, 0.717) is 12.8 Å². The number of sulfonamides is 1. The van der Waals surface area contributed by atoms with E-state index in [4.69, 9.17) is 4.74 Å². The predicted octanol–water partition coefficient (Wildman–Crippen LogP) is 4.08. The molecule has 1 aliphatic heterocycles. The van der Waals surface area contributed by atoms with Gasteiger partial charge in [-0.25, -0.2) is 13.2 Å². The van der Waals surface area contributed by atoms with Crippen molar-refractivity contribution >= 4 is 39.5 Å². The van der Waals surface area contributed by atoms with Crippen LogP contribution in [0.15, 0.2) is 67.3 Å². The van der Waals surface area contributed by atoms with Gasteiger partial charge in [0, 0.05) is 18.2 Å². The van der Waals surface area contributed by atoms with Crippen molar-refractivity contribution in [2.75, 3.05) is 18.1 Å². The third-order valence-electron chi connectivity index (χ3n) is 10.2. The zero-order valence-electron chi connectivity index (χ0n) is 28.9. The second-order valence-electron chi connectivity index (χ2n) is 15.0. The van der Waals surface area contributed by atoms with Crippen LogP contribution in [0, 0.1) is 11.3 Å². The molecule has 0 bridgehead atoms. The Morgan fingerprint density at radius 2 is 1.66 bits per heavy atom. The Hall–Kier alpha value is -4.39. The number of benzene rings is 2. The van der Waals surface area contributed by atoms with E-state index in [2.05, 4.69) is 21.9 Å². The maximum absolute atomic E-state index is 14.5. The van der Waals surface area contributed by atoms with Crippen LogP contribution in [0.2, 0.25) is 0 Å². The number of carbonyl (C=O) groups is 4. The van der Waals surface area contributed by atoms with Gasteiger partial charge in [-0.3, -0.25) is 19.1 Å². The van der Waals surface area contributed by atoms with E-state index >= 15 is 0 Å². The predicted molar refractivity (Wildman–Crippen MR) is 189 cm³/mol. The van der Waals surface area contributed by atoms with Crippen LogP contribution in [0.3, 0.4) is 0 Å².